The standard InChI is InChI=1S/C21H28N4O2/c1-2-3-4-16-27-20-9-7-18(8-10-20)23-21(26)25-14-12-24(13-15-25)19-6-5-11-22-17-19/h5-11,17H,2-4,12-16H2,1H3,(H,23,26). The van der Waals surface area contributed by atoms with E-state index >= 15 is 0 Å². The van der Waals surface area contributed by atoms with Gasteiger partial charge in [0.05, 0.1) is 18.5 Å². The normalized spacial score (nSPS) is 14.1. The first-order valence-electron chi connectivity index (χ1n) is 9.70. The first-order valence-corrected chi connectivity index (χ1v) is 9.70. The van der Waals surface area contributed by atoms with E-state index in [-0.39, 0.29) is 6.03 Å². The van der Waals surface area contributed by atoms with Crippen molar-refractivity contribution in [1.82, 2.24) is 9.88 Å². The van der Waals surface area contributed by atoms with E-state index in [0.717, 1.165) is 43.2 Å². The van der Waals surface area contributed by atoms with Crippen molar-refractivity contribution in [2.75, 3.05) is 43.0 Å². The SMILES string of the molecule is CCCCCOc1ccc(NC(=O)N2CCN(c3cccnc3)CC2)cc1. The first kappa shape index (κ1) is 19.0. The van der Waals surface area contributed by atoms with Gasteiger partial charge in [0, 0.05) is 38.1 Å². The number of urea groups is 1. The van der Waals surface area contributed by atoms with E-state index in [9.17, 15) is 4.79 Å². The molecule has 1 N–H and O–H groups in total. The smallest absolute Gasteiger partial charge is 0.321 e. The Hall–Kier alpha value is -2.76. The third kappa shape index (κ3) is 5.61. The van der Waals surface area contributed by atoms with E-state index in [1.54, 1.807) is 6.20 Å². The van der Waals surface area contributed by atoms with Crippen LogP contribution in [0.5, 0.6) is 5.75 Å². The Labute approximate surface area is 161 Å². The molecular weight excluding hydrogens is 340 g/mol. The fourth-order valence-electron chi connectivity index (χ4n) is 3.09. The molecule has 27 heavy (non-hydrogen) atoms. The van der Waals surface area contributed by atoms with Crippen molar-refractivity contribution in [2.24, 2.45) is 0 Å². The fourth-order valence-corrected chi connectivity index (χ4v) is 3.09. The molecule has 0 spiro atoms. The van der Waals surface area contributed by atoms with Gasteiger partial charge in [0.1, 0.15) is 5.75 Å². The van der Waals surface area contributed by atoms with Gasteiger partial charge < -0.3 is 19.9 Å². The van der Waals surface area contributed by atoms with Crippen LogP contribution in [0.2, 0.25) is 0 Å². The number of anilines is 2. The summed E-state index contributed by atoms with van der Waals surface area (Å²) in [5.41, 5.74) is 1.89. The van der Waals surface area contributed by atoms with E-state index in [2.05, 4.69) is 28.2 Å². The number of rotatable bonds is 7. The number of ether oxygens (including phenoxy) is 1. The highest BCUT2D eigenvalue weighted by Crippen LogP contribution is 2.18. The van der Waals surface area contributed by atoms with Gasteiger partial charge in [-0.1, -0.05) is 19.8 Å². The molecule has 1 aromatic carbocycles. The zero-order chi connectivity index (χ0) is 18.9. The number of unbranched alkanes of at least 4 members (excludes halogenated alkanes) is 2. The van der Waals surface area contributed by atoms with Crippen LogP contribution in [-0.2, 0) is 0 Å². The summed E-state index contributed by atoms with van der Waals surface area (Å²) in [6.07, 6.45) is 7.07. The van der Waals surface area contributed by atoms with Crippen LogP contribution < -0.4 is 15.0 Å². The number of benzene rings is 1. The molecule has 2 heterocycles. The summed E-state index contributed by atoms with van der Waals surface area (Å²) >= 11 is 0. The molecule has 0 radical (unpaired) electrons. The molecule has 1 fully saturated rings. The zero-order valence-corrected chi connectivity index (χ0v) is 15.9. The Kier molecular flexibility index (Phi) is 6.90. The Bertz CT molecular complexity index is 698. The first-order chi connectivity index (χ1) is 13.3. The van der Waals surface area contributed by atoms with E-state index < -0.39 is 0 Å². The number of pyridine rings is 1. The molecule has 3 rings (SSSR count). The quantitative estimate of drug-likeness (QED) is 0.751. The number of carbonyl (C=O) groups is 1. The monoisotopic (exact) mass is 368 g/mol. The number of hydrogen-bond donors (Lipinski definition) is 1. The largest absolute Gasteiger partial charge is 0.494 e. The van der Waals surface area contributed by atoms with Crippen LogP contribution in [0.3, 0.4) is 0 Å². The lowest BCUT2D eigenvalue weighted by Gasteiger charge is -2.35. The third-order valence-corrected chi connectivity index (χ3v) is 4.70. The average Bonchev–Trinajstić information content (AvgIpc) is 2.73. The Balaban J connectivity index is 1.44. The zero-order valence-electron chi connectivity index (χ0n) is 15.9. The van der Waals surface area contributed by atoms with Gasteiger partial charge in [0.15, 0.2) is 0 Å². The van der Waals surface area contributed by atoms with Gasteiger partial charge in [-0.3, -0.25) is 4.98 Å². The summed E-state index contributed by atoms with van der Waals surface area (Å²) in [5, 5.41) is 2.97. The number of carbonyl (C=O) groups excluding carboxylic acids is 1. The predicted octanol–water partition coefficient (Wildman–Crippen LogP) is 4.00. The van der Waals surface area contributed by atoms with Crippen molar-refractivity contribution < 1.29 is 9.53 Å². The summed E-state index contributed by atoms with van der Waals surface area (Å²) in [6.45, 7) is 5.92. The molecule has 6 heteroatoms. The maximum atomic E-state index is 12.5. The van der Waals surface area contributed by atoms with Crippen LogP contribution >= 0.6 is 0 Å². The van der Waals surface area contributed by atoms with Crippen LogP contribution in [0.15, 0.2) is 48.8 Å². The molecule has 1 aromatic heterocycles. The minimum absolute atomic E-state index is 0.0579. The Morgan fingerprint density at radius 1 is 1.11 bits per heavy atom. The second-order valence-corrected chi connectivity index (χ2v) is 6.70. The summed E-state index contributed by atoms with van der Waals surface area (Å²) < 4.78 is 5.70. The number of amides is 2. The summed E-state index contributed by atoms with van der Waals surface area (Å²) in [6, 6.07) is 11.5. The number of nitrogens with one attached hydrogen (secondary N) is 1. The van der Waals surface area contributed by atoms with Gasteiger partial charge in [0.2, 0.25) is 0 Å². The van der Waals surface area contributed by atoms with Crippen molar-refractivity contribution in [2.45, 2.75) is 26.2 Å². The van der Waals surface area contributed by atoms with E-state index in [4.69, 9.17) is 4.74 Å². The van der Waals surface area contributed by atoms with Gasteiger partial charge in [-0.25, -0.2) is 4.79 Å². The lowest BCUT2D eigenvalue weighted by atomic mass is 10.2. The van der Waals surface area contributed by atoms with Gasteiger partial charge in [-0.05, 0) is 42.8 Å². The second-order valence-electron chi connectivity index (χ2n) is 6.70. The topological polar surface area (TPSA) is 57.7 Å². The highest BCUT2D eigenvalue weighted by Gasteiger charge is 2.21. The molecule has 1 saturated heterocycles. The predicted molar refractivity (Wildman–Crippen MR) is 109 cm³/mol. The van der Waals surface area contributed by atoms with Gasteiger partial charge >= 0.3 is 6.03 Å². The molecule has 0 bridgehead atoms. The Morgan fingerprint density at radius 3 is 2.56 bits per heavy atom. The van der Waals surface area contributed by atoms with E-state index in [0.29, 0.717) is 13.1 Å². The number of nitrogens with zero attached hydrogens (tertiary/aromatic N) is 3. The maximum Gasteiger partial charge on any atom is 0.321 e. The van der Waals surface area contributed by atoms with Crippen LogP contribution in [0, 0.1) is 0 Å². The van der Waals surface area contributed by atoms with Crippen molar-refractivity contribution in [1.29, 1.82) is 0 Å². The highest BCUT2D eigenvalue weighted by molar-refractivity contribution is 5.89. The summed E-state index contributed by atoms with van der Waals surface area (Å²) in [5.74, 6) is 0.842. The molecular formula is C21H28N4O2. The number of piperazine rings is 1. The molecule has 1 aliphatic rings. The Morgan fingerprint density at radius 2 is 1.89 bits per heavy atom. The molecule has 0 unspecified atom stereocenters. The van der Waals surface area contributed by atoms with Gasteiger partial charge in [-0.15, -0.1) is 0 Å². The highest BCUT2D eigenvalue weighted by atomic mass is 16.5. The maximum absolute atomic E-state index is 12.5. The van der Waals surface area contributed by atoms with E-state index in [1.165, 1.54) is 12.8 Å². The van der Waals surface area contributed by atoms with Crippen molar-refractivity contribution in [3.63, 3.8) is 0 Å². The molecule has 0 saturated carbocycles. The number of aromatic nitrogens is 1. The minimum Gasteiger partial charge on any atom is -0.494 e. The molecule has 0 atom stereocenters. The molecule has 144 valence electrons. The van der Waals surface area contributed by atoms with Crippen LogP contribution in [0.4, 0.5) is 16.2 Å². The number of hydrogen-bond acceptors (Lipinski definition) is 4. The molecule has 0 aliphatic carbocycles. The summed E-state index contributed by atoms with van der Waals surface area (Å²) in [4.78, 5) is 20.8. The van der Waals surface area contributed by atoms with Crippen molar-refractivity contribution in [3.05, 3.63) is 48.8 Å². The van der Waals surface area contributed by atoms with Crippen molar-refractivity contribution in [3.8, 4) is 5.75 Å². The van der Waals surface area contributed by atoms with Gasteiger partial charge in [0.25, 0.3) is 0 Å². The van der Waals surface area contributed by atoms with Gasteiger partial charge in [-0.2, -0.15) is 0 Å². The molecule has 1 aliphatic heterocycles. The fraction of sp³-hybridized carbons (Fsp3) is 0.429. The lowest BCUT2D eigenvalue weighted by molar-refractivity contribution is 0.208. The summed E-state index contributed by atoms with van der Waals surface area (Å²) in [7, 11) is 0. The van der Waals surface area contributed by atoms with Crippen LogP contribution in [0.25, 0.3) is 0 Å². The van der Waals surface area contributed by atoms with E-state index in [1.807, 2.05) is 41.4 Å². The lowest BCUT2D eigenvalue weighted by Crippen LogP contribution is -2.50. The molecule has 2 aromatic rings. The molecule has 2 amide bonds. The second kappa shape index (κ2) is 9.80. The minimum atomic E-state index is -0.0579. The van der Waals surface area contributed by atoms with Crippen LogP contribution in [-0.4, -0.2) is 48.7 Å². The third-order valence-electron chi connectivity index (χ3n) is 4.70. The molecule has 6 nitrogen and oxygen atoms in total. The average molecular weight is 368 g/mol. The van der Waals surface area contributed by atoms with Crippen molar-refractivity contribution >= 4 is 17.4 Å². The van der Waals surface area contributed by atoms with Crippen LogP contribution in [0.1, 0.15) is 26.2 Å².